The summed E-state index contributed by atoms with van der Waals surface area (Å²) in [7, 11) is 3.59. The van der Waals surface area contributed by atoms with Gasteiger partial charge < -0.3 is 20.3 Å². The molecule has 0 aromatic carbocycles. The van der Waals surface area contributed by atoms with Gasteiger partial charge in [0.2, 0.25) is 5.91 Å². The van der Waals surface area contributed by atoms with E-state index in [4.69, 9.17) is 4.74 Å². The first-order valence-corrected chi connectivity index (χ1v) is 10.4. The number of likely N-dealkylation sites (tertiary alicyclic amines) is 1. The Morgan fingerprint density at radius 2 is 2.00 bits per heavy atom. The molecule has 1 unspecified atom stereocenters. The highest BCUT2D eigenvalue weighted by Gasteiger charge is 2.42. The third-order valence-electron chi connectivity index (χ3n) is 6.44. The van der Waals surface area contributed by atoms with Gasteiger partial charge in [-0.2, -0.15) is 0 Å². The summed E-state index contributed by atoms with van der Waals surface area (Å²) in [5, 5.41) is 7.02. The van der Waals surface area contributed by atoms with E-state index >= 15 is 0 Å². The largest absolute Gasteiger partial charge is 0.385 e. The van der Waals surface area contributed by atoms with Crippen molar-refractivity contribution in [2.24, 2.45) is 16.3 Å². The standard InChI is InChI=1S/C20H36N4O2/c1-21-19(22-15-20(9-10-20)11-13-26-2)23-17-8-12-24(14-17)18(25)16-6-4-3-5-7-16/h16-17H,3-15H2,1-2H3,(H2,21,22,23). The second-order valence-corrected chi connectivity index (χ2v) is 8.42. The number of nitrogens with zero attached hydrogens (tertiary/aromatic N) is 2. The van der Waals surface area contributed by atoms with E-state index in [0.717, 1.165) is 57.9 Å². The Bertz CT molecular complexity index is 498. The number of rotatable bonds is 7. The molecule has 2 saturated carbocycles. The maximum absolute atomic E-state index is 12.7. The number of carbonyl (C=O) groups is 1. The monoisotopic (exact) mass is 364 g/mol. The molecule has 3 fully saturated rings. The third kappa shape index (κ3) is 5.12. The lowest BCUT2D eigenvalue weighted by molar-refractivity contribution is -0.135. The summed E-state index contributed by atoms with van der Waals surface area (Å²) in [4.78, 5) is 19.2. The van der Waals surface area contributed by atoms with E-state index in [1.165, 1.54) is 32.1 Å². The number of hydrogen-bond acceptors (Lipinski definition) is 3. The average Bonchev–Trinajstić information content (AvgIpc) is 3.31. The number of methoxy groups -OCH3 is 1. The molecule has 3 aliphatic rings. The first-order valence-electron chi connectivity index (χ1n) is 10.4. The summed E-state index contributed by atoms with van der Waals surface area (Å²) in [5.41, 5.74) is 0.395. The molecule has 3 rings (SSSR count). The molecule has 0 radical (unpaired) electrons. The fraction of sp³-hybridized carbons (Fsp3) is 0.900. The lowest BCUT2D eigenvalue weighted by Crippen LogP contribution is -2.47. The van der Waals surface area contributed by atoms with Crippen LogP contribution in [0, 0.1) is 11.3 Å². The third-order valence-corrected chi connectivity index (χ3v) is 6.44. The topological polar surface area (TPSA) is 66.0 Å². The second-order valence-electron chi connectivity index (χ2n) is 8.42. The predicted octanol–water partition coefficient (Wildman–Crippen LogP) is 2.15. The Morgan fingerprint density at radius 3 is 2.65 bits per heavy atom. The molecule has 1 saturated heterocycles. The molecule has 1 atom stereocenters. The van der Waals surface area contributed by atoms with Crippen LogP contribution in [0.1, 0.15) is 57.8 Å². The normalized spacial score (nSPS) is 26.0. The molecule has 0 aromatic heterocycles. The minimum absolute atomic E-state index is 0.274. The molecule has 6 nitrogen and oxygen atoms in total. The summed E-state index contributed by atoms with van der Waals surface area (Å²) in [6.45, 7) is 3.47. The molecule has 148 valence electrons. The van der Waals surface area contributed by atoms with Crippen molar-refractivity contribution in [1.82, 2.24) is 15.5 Å². The summed E-state index contributed by atoms with van der Waals surface area (Å²) >= 11 is 0. The second kappa shape index (κ2) is 9.07. The van der Waals surface area contributed by atoms with Gasteiger partial charge in [-0.05, 0) is 43.9 Å². The number of aliphatic imine (C=N–C) groups is 1. The van der Waals surface area contributed by atoms with E-state index in [1.54, 1.807) is 7.11 Å². The lowest BCUT2D eigenvalue weighted by atomic mass is 9.88. The van der Waals surface area contributed by atoms with E-state index in [9.17, 15) is 4.79 Å². The van der Waals surface area contributed by atoms with E-state index < -0.39 is 0 Å². The van der Waals surface area contributed by atoms with Gasteiger partial charge in [0.15, 0.2) is 5.96 Å². The van der Waals surface area contributed by atoms with E-state index in [-0.39, 0.29) is 5.92 Å². The number of amides is 1. The van der Waals surface area contributed by atoms with Gasteiger partial charge in [-0.1, -0.05) is 19.3 Å². The molecule has 0 aromatic rings. The Balaban J connectivity index is 1.41. The number of ether oxygens (including phenoxy) is 1. The van der Waals surface area contributed by atoms with Crippen LogP contribution >= 0.6 is 0 Å². The van der Waals surface area contributed by atoms with Crippen LogP contribution in [0.4, 0.5) is 0 Å². The highest BCUT2D eigenvalue weighted by atomic mass is 16.5. The lowest BCUT2D eigenvalue weighted by Gasteiger charge is -2.26. The summed E-state index contributed by atoms with van der Waals surface area (Å²) in [6.07, 6.45) is 10.6. The number of guanidine groups is 1. The van der Waals surface area contributed by atoms with E-state index in [2.05, 4.69) is 20.5 Å². The molecular formula is C20H36N4O2. The first-order chi connectivity index (χ1) is 12.7. The minimum Gasteiger partial charge on any atom is -0.385 e. The zero-order valence-electron chi connectivity index (χ0n) is 16.6. The molecular weight excluding hydrogens is 328 g/mol. The molecule has 1 aliphatic heterocycles. The Labute approximate surface area is 158 Å². The van der Waals surface area contributed by atoms with Gasteiger partial charge in [0.05, 0.1) is 0 Å². The molecule has 1 amide bonds. The van der Waals surface area contributed by atoms with Crippen LogP contribution < -0.4 is 10.6 Å². The van der Waals surface area contributed by atoms with Gasteiger partial charge in [-0.3, -0.25) is 9.79 Å². The van der Waals surface area contributed by atoms with Crippen molar-refractivity contribution in [2.75, 3.05) is 40.4 Å². The summed E-state index contributed by atoms with van der Waals surface area (Å²) in [6, 6.07) is 0.308. The molecule has 1 heterocycles. The average molecular weight is 365 g/mol. The fourth-order valence-electron chi connectivity index (χ4n) is 4.36. The molecule has 2 aliphatic carbocycles. The molecule has 0 spiro atoms. The molecule has 2 N–H and O–H groups in total. The number of nitrogens with one attached hydrogen (secondary N) is 2. The van der Waals surface area contributed by atoms with Crippen LogP contribution in [0.15, 0.2) is 4.99 Å². The predicted molar refractivity (Wildman–Crippen MR) is 104 cm³/mol. The maximum Gasteiger partial charge on any atom is 0.225 e. The van der Waals surface area contributed by atoms with Crippen LogP contribution in [0.25, 0.3) is 0 Å². The van der Waals surface area contributed by atoms with Gasteiger partial charge in [0, 0.05) is 52.4 Å². The smallest absolute Gasteiger partial charge is 0.225 e. The summed E-state index contributed by atoms with van der Waals surface area (Å²) in [5.74, 6) is 1.52. The van der Waals surface area contributed by atoms with Crippen LogP contribution in [0.5, 0.6) is 0 Å². The van der Waals surface area contributed by atoms with Crippen molar-refractivity contribution < 1.29 is 9.53 Å². The van der Waals surface area contributed by atoms with E-state index in [0.29, 0.717) is 17.4 Å². The number of hydrogen-bond donors (Lipinski definition) is 2. The number of carbonyl (C=O) groups excluding carboxylic acids is 1. The van der Waals surface area contributed by atoms with Gasteiger partial charge in [-0.15, -0.1) is 0 Å². The van der Waals surface area contributed by atoms with Gasteiger partial charge in [0.25, 0.3) is 0 Å². The maximum atomic E-state index is 12.7. The van der Waals surface area contributed by atoms with Crippen molar-refractivity contribution in [1.29, 1.82) is 0 Å². The zero-order chi connectivity index (χ0) is 18.4. The van der Waals surface area contributed by atoms with Crippen LogP contribution in [-0.2, 0) is 9.53 Å². The van der Waals surface area contributed by atoms with Crippen molar-refractivity contribution in [3.8, 4) is 0 Å². The molecule has 26 heavy (non-hydrogen) atoms. The van der Waals surface area contributed by atoms with Crippen molar-refractivity contribution in [3.63, 3.8) is 0 Å². The first kappa shape index (κ1) is 19.5. The Morgan fingerprint density at radius 1 is 1.23 bits per heavy atom. The van der Waals surface area contributed by atoms with Crippen molar-refractivity contribution in [2.45, 2.75) is 63.8 Å². The van der Waals surface area contributed by atoms with Crippen molar-refractivity contribution in [3.05, 3.63) is 0 Å². The summed E-state index contributed by atoms with van der Waals surface area (Å²) < 4.78 is 5.23. The van der Waals surface area contributed by atoms with E-state index in [1.807, 2.05) is 7.05 Å². The van der Waals surface area contributed by atoms with Crippen LogP contribution in [0.2, 0.25) is 0 Å². The van der Waals surface area contributed by atoms with Gasteiger partial charge in [0.1, 0.15) is 0 Å². The Kier molecular flexibility index (Phi) is 6.79. The highest BCUT2D eigenvalue weighted by molar-refractivity contribution is 5.81. The minimum atomic E-state index is 0.274. The van der Waals surface area contributed by atoms with Crippen LogP contribution in [0.3, 0.4) is 0 Å². The Hall–Kier alpha value is -1.30. The van der Waals surface area contributed by atoms with Gasteiger partial charge >= 0.3 is 0 Å². The molecule has 0 bridgehead atoms. The fourth-order valence-corrected chi connectivity index (χ4v) is 4.36. The van der Waals surface area contributed by atoms with Crippen LogP contribution in [-0.4, -0.2) is 63.2 Å². The van der Waals surface area contributed by atoms with Crippen molar-refractivity contribution >= 4 is 11.9 Å². The molecule has 6 heteroatoms. The van der Waals surface area contributed by atoms with Gasteiger partial charge in [-0.25, -0.2) is 0 Å². The quantitative estimate of drug-likeness (QED) is 0.537. The SMILES string of the molecule is CN=C(NCC1(CCOC)CC1)NC1CCN(C(=O)C2CCCCC2)C1. The zero-order valence-corrected chi connectivity index (χ0v) is 16.6. The highest BCUT2D eigenvalue weighted by Crippen LogP contribution is 2.48.